The number of hydrogen-bond donors (Lipinski definition) is 0. The maximum atomic E-state index is 13.2. The molecule has 7 heteroatoms. The van der Waals surface area contributed by atoms with Gasteiger partial charge in [0, 0.05) is 16.5 Å². The van der Waals surface area contributed by atoms with Gasteiger partial charge in [0.15, 0.2) is 5.84 Å². The van der Waals surface area contributed by atoms with Gasteiger partial charge in [-0.3, -0.25) is 0 Å². The zero-order chi connectivity index (χ0) is 29.5. The Balaban J connectivity index is 1.41. The van der Waals surface area contributed by atoms with Crippen LogP contribution in [0.25, 0.3) is 10.8 Å². The number of nitrogens with zero attached hydrogens (tertiary/aromatic N) is 2. The van der Waals surface area contributed by atoms with Crippen molar-refractivity contribution in [2.24, 2.45) is 4.40 Å². The van der Waals surface area contributed by atoms with Crippen LogP contribution in [0.4, 0.5) is 5.69 Å². The zero-order valence-electron chi connectivity index (χ0n) is 23.6. The summed E-state index contributed by atoms with van der Waals surface area (Å²) in [5.74, 6) is 0.244. The van der Waals surface area contributed by atoms with Gasteiger partial charge in [-0.25, -0.2) is 4.79 Å². The van der Waals surface area contributed by atoms with E-state index in [4.69, 9.17) is 4.74 Å². The first-order chi connectivity index (χ1) is 20.1. The summed E-state index contributed by atoms with van der Waals surface area (Å²) in [5, 5.41) is 1.95. The molecule has 42 heavy (non-hydrogen) atoms. The predicted octanol–water partition coefficient (Wildman–Crippen LogP) is 7.51. The van der Waals surface area contributed by atoms with Gasteiger partial charge in [-0.1, -0.05) is 99.6 Å². The number of fused-ring (bicyclic) bond motifs is 2. The first-order valence-corrected chi connectivity index (χ1v) is 15.2. The number of benzene rings is 5. The second kappa shape index (κ2) is 10.6. The summed E-state index contributed by atoms with van der Waals surface area (Å²) >= 11 is 0. The van der Waals surface area contributed by atoms with Crippen LogP contribution in [0.2, 0.25) is 0 Å². The molecule has 0 bridgehead atoms. The molecule has 0 N–H and O–H groups in total. The van der Waals surface area contributed by atoms with Crippen LogP contribution in [0, 0.1) is 0 Å². The Bertz CT molecular complexity index is 1950. The van der Waals surface area contributed by atoms with Crippen LogP contribution >= 0.6 is 0 Å². The number of carbonyl (C=O) groups excluding carboxylic acids is 1. The summed E-state index contributed by atoms with van der Waals surface area (Å²) < 4.78 is 36.3. The fourth-order valence-electron chi connectivity index (χ4n) is 5.17. The largest absolute Gasteiger partial charge is 0.423 e. The molecule has 0 aliphatic carbocycles. The molecule has 0 saturated carbocycles. The Morgan fingerprint density at radius 1 is 0.786 bits per heavy atom. The summed E-state index contributed by atoms with van der Waals surface area (Å²) in [6.07, 6.45) is 0. The number of carbonyl (C=O) groups is 1. The van der Waals surface area contributed by atoms with E-state index in [1.165, 1.54) is 0 Å². The van der Waals surface area contributed by atoms with E-state index in [0.29, 0.717) is 28.3 Å². The van der Waals surface area contributed by atoms with Crippen molar-refractivity contribution in [1.29, 1.82) is 0 Å². The van der Waals surface area contributed by atoms with Gasteiger partial charge >= 0.3 is 5.97 Å². The second-order valence-corrected chi connectivity index (χ2v) is 12.9. The molecule has 1 aliphatic heterocycles. The van der Waals surface area contributed by atoms with E-state index in [1.807, 2.05) is 77.7 Å². The molecule has 0 amide bonds. The number of rotatable bonds is 5. The molecule has 5 aromatic carbocycles. The molecular formula is C35H30N2O4S. The van der Waals surface area contributed by atoms with Crippen LogP contribution in [0.15, 0.2) is 125 Å². The van der Waals surface area contributed by atoms with Crippen molar-refractivity contribution in [3.05, 3.63) is 138 Å². The number of anilines is 1. The summed E-state index contributed by atoms with van der Waals surface area (Å²) in [7, 11) is -3.87. The molecule has 6 nitrogen and oxygen atoms in total. The summed E-state index contributed by atoms with van der Waals surface area (Å²) in [4.78, 5) is 15.3. The lowest BCUT2D eigenvalue weighted by Gasteiger charge is -2.27. The van der Waals surface area contributed by atoms with Gasteiger partial charge in [-0.05, 0) is 52.8 Å². The highest BCUT2D eigenvalue weighted by Gasteiger charge is 2.33. The average molecular weight is 575 g/mol. The molecule has 0 radical (unpaired) electrons. The molecule has 0 fully saturated rings. The Morgan fingerprint density at radius 2 is 1.45 bits per heavy atom. The molecule has 1 heterocycles. The van der Waals surface area contributed by atoms with Crippen LogP contribution in [-0.4, -0.2) is 20.2 Å². The SMILES string of the molecule is CC(C)(C)c1ccc(C(=O)Oc2ccccc2CN(C2=NS(=O)(=O)c3ccccc32)c2cccc3ccccc23)cc1. The van der Waals surface area contributed by atoms with Gasteiger partial charge in [0.25, 0.3) is 10.0 Å². The molecule has 1 aliphatic rings. The molecule has 0 spiro atoms. The summed E-state index contributed by atoms with van der Waals surface area (Å²) in [6, 6.07) is 35.4. The number of amidine groups is 1. The Morgan fingerprint density at radius 3 is 2.24 bits per heavy atom. The third kappa shape index (κ3) is 5.19. The lowest BCUT2D eigenvalue weighted by Crippen LogP contribution is -2.31. The Labute approximate surface area is 246 Å². The fourth-order valence-corrected chi connectivity index (χ4v) is 6.38. The first kappa shape index (κ1) is 27.4. The van der Waals surface area contributed by atoms with Crippen LogP contribution in [0.3, 0.4) is 0 Å². The lowest BCUT2D eigenvalue weighted by atomic mass is 9.87. The zero-order valence-corrected chi connectivity index (χ0v) is 24.4. The van der Waals surface area contributed by atoms with E-state index >= 15 is 0 Å². The molecule has 6 rings (SSSR count). The number of esters is 1. The molecule has 210 valence electrons. The molecular weight excluding hydrogens is 544 g/mol. The summed E-state index contributed by atoms with van der Waals surface area (Å²) in [6.45, 7) is 6.58. The van der Waals surface area contributed by atoms with Crippen molar-refractivity contribution < 1.29 is 17.9 Å². The minimum absolute atomic E-state index is 0.0326. The lowest BCUT2D eigenvalue weighted by molar-refractivity contribution is 0.0733. The summed E-state index contributed by atoms with van der Waals surface area (Å²) in [5.41, 5.74) is 3.56. The van der Waals surface area contributed by atoms with E-state index in [2.05, 4.69) is 25.2 Å². The third-order valence-electron chi connectivity index (χ3n) is 7.42. The minimum atomic E-state index is -3.87. The van der Waals surface area contributed by atoms with Crippen molar-refractivity contribution in [2.75, 3.05) is 4.90 Å². The van der Waals surface area contributed by atoms with E-state index < -0.39 is 16.0 Å². The van der Waals surface area contributed by atoms with Crippen LogP contribution in [0.1, 0.15) is 47.8 Å². The smallest absolute Gasteiger partial charge is 0.343 e. The van der Waals surface area contributed by atoms with Gasteiger partial charge in [-0.2, -0.15) is 8.42 Å². The van der Waals surface area contributed by atoms with E-state index in [-0.39, 0.29) is 16.9 Å². The van der Waals surface area contributed by atoms with E-state index in [1.54, 1.807) is 42.5 Å². The van der Waals surface area contributed by atoms with Crippen molar-refractivity contribution in [2.45, 2.75) is 37.6 Å². The number of para-hydroxylation sites is 1. The van der Waals surface area contributed by atoms with Crippen molar-refractivity contribution in [1.82, 2.24) is 0 Å². The van der Waals surface area contributed by atoms with Crippen LogP contribution < -0.4 is 9.64 Å². The van der Waals surface area contributed by atoms with Gasteiger partial charge in [0.05, 0.1) is 17.8 Å². The number of sulfonamides is 1. The van der Waals surface area contributed by atoms with Crippen molar-refractivity contribution in [3.63, 3.8) is 0 Å². The quantitative estimate of drug-likeness (QED) is 0.160. The predicted molar refractivity (Wildman–Crippen MR) is 167 cm³/mol. The Hall–Kier alpha value is -4.75. The fraction of sp³-hybridized carbons (Fsp3) is 0.143. The molecule has 5 aromatic rings. The van der Waals surface area contributed by atoms with E-state index in [0.717, 1.165) is 22.0 Å². The van der Waals surface area contributed by atoms with E-state index in [9.17, 15) is 13.2 Å². The first-order valence-electron chi connectivity index (χ1n) is 13.7. The maximum Gasteiger partial charge on any atom is 0.343 e. The topological polar surface area (TPSA) is 76.0 Å². The minimum Gasteiger partial charge on any atom is -0.423 e. The Kier molecular flexibility index (Phi) is 6.91. The normalized spacial score (nSPS) is 13.8. The highest BCUT2D eigenvalue weighted by molar-refractivity contribution is 7.90. The number of ether oxygens (including phenoxy) is 1. The monoisotopic (exact) mass is 574 g/mol. The molecule has 0 saturated heterocycles. The van der Waals surface area contributed by atoms with Gasteiger partial charge in [-0.15, -0.1) is 4.40 Å². The highest BCUT2D eigenvalue weighted by atomic mass is 32.2. The molecule has 0 atom stereocenters. The van der Waals surface area contributed by atoms with Crippen LogP contribution in [0.5, 0.6) is 5.75 Å². The van der Waals surface area contributed by atoms with Gasteiger partial charge in [0.2, 0.25) is 0 Å². The van der Waals surface area contributed by atoms with Crippen LogP contribution in [-0.2, 0) is 22.0 Å². The van der Waals surface area contributed by atoms with Crippen molar-refractivity contribution >= 4 is 38.3 Å². The van der Waals surface area contributed by atoms with Gasteiger partial charge < -0.3 is 9.64 Å². The maximum absolute atomic E-state index is 13.2. The standard InChI is InChI=1S/C35H30N2O4S/c1-35(2,3)27-21-19-25(20-22-27)34(38)41-31-17-8-5-12-26(31)23-37(30-16-10-13-24-11-4-6-14-28(24)30)33-29-15-7-9-18-32(29)42(39,40)36-33/h4-22H,23H2,1-3H3. The van der Waals surface area contributed by atoms with Crippen molar-refractivity contribution in [3.8, 4) is 5.75 Å². The average Bonchev–Trinajstić information content (AvgIpc) is 3.26. The molecule has 0 aromatic heterocycles. The highest BCUT2D eigenvalue weighted by Crippen LogP contribution is 2.35. The second-order valence-electron chi connectivity index (χ2n) is 11.3. The van der Waals surface area contributed by atoms with Gasteiger partial charge in [0.1, 0.15) is 10.6 Å². The molecule has 0 unspecified atom stereocenters. The number of hydrogen-bond acceptors (Lipinski definition) is 5. The third-order valence-corrected chi connectivity index (χ3v) is 8.74.